The highest BCUT2D eigenvalue weighted by Gasteiger charge is 2.12. The van der Waals surface area contributed by atoms with Crippen molar-refractivity contribution in [1.29, 1.82) is 0 Å². The Bertz CT molecular complexity index is 656. The molecule has 0 bridgehead atoms. The topological polar surface area (TPSA) is 62.7 Å². The van der Waals surface area contributed by atoms with E-state index in [2.05, 4.69) is 4.98 Å². The van der Waals surface area contributed by atoms with Gasteiger partial charge >= 0.3 is 5.97 Å². The first-order valence-electron chi connectivity index (χ1n) is 6.56. The van der Waals surface area contributed by atoms with Crippen molar-refractivity contribution >= 4 is 11.8 Å². The lowest BCUT2D eigenvalue weighted by Gasteiger charge is -2.21. The monoisotopic (exact) mass is 286 g/mol. The summed E-state index contributed by atoms with van der Waals surface area (Å²) < 4.78 is 5.34. The van der Waals surface area contributed by atoms with Crippen molar-refractivity contribution in [2.45, 2.75) is 13.5 Å². The zero-order chi connectivity index (χ0) is 15.4. The number of aromatic carboxylic acids is 1. The standard InChI is InChI=1S/C16H18N2O3/c1-11-8-13(16(19)20)9-17-15(11)18(2)10-12-6-4-5-7-14(12)21-3/h4-9H,10H2,1-3H3,(H,19,20). The van der Waals surface area contributed by atoms with Crippen molar-refractivity contribution in [2.24, 2.45) is 0 Å². The van der Waals surface area contributed by atoms with Crippen LogP contribution in [0.4, 0.5) is 5.82 Å². The second-order valence-corrected chi connectivity index (χ2v) is 4.84. The molecular weight excluding hydrogens is 268 g/mol. The third-order valence-corrected chi connectivity index (χ3v) is 3.26. The van der Waals surface area contributed by atoms with Crippen molar-refractivity contribution in [2.75, 3.05) is 19.1 Å². The largest absolute Gasteiger partial charge is 0.496 e. The Balaban J connectivity index is 2.24. The summed E-state index contributed by atoms with van der Waals surface area (Å²) in [7, 11) is 3.56. The number of methoxy groups -OCH3 is 1. The van der Waals surface area contributed by atoms with Gasteiger partial charge in [0.15, 0.2) is 0 Å². The second kappa shape index (κ2) is 6.26. The molecule has 0 saturated heterocycles. The van der Waals surface area contributed by atoms with Gasteiger partial charge in [0.2, 0.25) is 0 Å². The number of carbonyl (C=O) groups is 1. The van der Waals surface area contributed by atoms with Gasteiger partial charge in [-0.05, 0) is 24.6 Å². The van der Waals surface area contributed by atoms with Gasteiger partial charge < -0.3 is 14.7 Å². The minimum absolute atomic E-state index is 0.196. The lowest BCUT2D eigenvalue weighted by molar-refractivity contribution is 0.0696. The zero-order valence-corrected chi connectivity index (χ0v) is 12.3. The van der Waals surface area contributed by atoms with Crippen LogP contribution in [-0.4, -0.2) is 30.2 Å². The van der Waals surface area contributed by atoms with Gasteiger partial charge in [-0.15, -0.1) is 0 Å². The summed E-state index contributed by atoms with van der Waals surface area (Å²) in [6, 6.07) is 9.42. The summed E-state index contributed by atoms with van der Waals surface area (Å²) in [5.41, 5.74) is 2.07. The molecule has 0 atom stereocenters. The maximum Gasteiger partial charge on any atom is 0.337 e. The predicted octanol–water partition coefficient (Wildman–Crippen LogP) is 2.73. The minimum Gasteiger partial charge on any atom is -0.496 e. The van der Waals surface area contributed by atoms with E-state index in [1.165, 1.54) is 6.20 Å². The quantitative estimate of drug-likeness (QED) is 0.915. The highest BCUT2D eigenvalue weighted by Crippen LogP contribution is 2.23. The van der Waals surface area contributed by atoms with Crippen LogP contribution in [-0.2, 0) is 6.54 Å². The van der Waals surface area contributed by atoms with E-state index in [9.17, 15) is 4.79 Å². The van der Waals surface area contributed by atoms with Crippen LogP contribution in [0.2, 0.25) is 0 Å². The molecule has 0 saturated carbocycles. The minimum atomic E-state index is -0.968. The Morgan fingerprint density at radius 2 is 2.10 bits per heavy atom. The lowest BCUT2D eigenvalue weighted by atomic mass is 10.1. The second-order valence-electron chi connectivity index (χ2n) is 4.84. The van der Waals surface area contributed by atoms with Crippen LogP contribution < -0.4 is 9.64 Å². The molecule has 0 spiro atoms. The fourth-order valence-corrected chi connectivity index (χ4v) is 2.25. The molecule has 0 amide bonds. The predicted molar refractivity (Wildman–Crippen MR) is 81.0 cm³/mol. The molecule has 0 radical (unpaired) electrons. The van der Waals surface area contributed by atoms with Crippen LogP contribution in [0.3, 0.4) is 0 Å². The molecule has 1 aromatic carbocycles. The molecule has 21 heavy (non-hydrogen) atoms. The number of hydrogen-bond donors (Lipinski definition) is 1. The van der Waals surface area contributed by atoms with Crippen molar-refractivity contribution in [3.05, 3.63) is 53.2 Å². The maximum atomic E-state index is 10.9. The Labute approximate surface area is 123 Å². The molecule has 1 aromatic heterocycles. The van der Waals surface area contributed by atoms with Crippen LogP contribution >= 0.6 is 0 Å². The Morgan fingerprint density at radius 1 is 1.38 bits per heavy atom. The average Bonchev–Trinajstić information content (AvgIpc) is 2.47. The van der Waals surface area contributed by atoms with Gasteiger partial charge in [0.25, 0.3) is 0 Å². The highest BCUT2D eigenvalue weighted by molar-refractivity contribution is 5.87. The average molecular weight is 286 g/mol. The number of benzene rings is 1. The zero-order valence-electron chi connectivity index (χ0n) is 12.3. The summed E-state index contributed by atoms with van der Waals surface area (Å²) >= 11 is 0. The number of hydrogen-bond acceptors (Lipinski definition) is 4. The first-order chi connectivity index (χ1) is 10.0. The van der Waals surface area contributed by atoms with Gasteiger partial charge in [-0.25, -0.2) is 9.78 Å². The van der Waals surface area contributed by atoms with E-state index in [1.807, 2.05) is 43.1 Å². The van der Waals surface area contributed by atoms with E-state index >= 15 is 0 Å². The van der Waals surface area contributed by atoms with Crippen LogP contribution in [0, 0.1) is 6.92 Å². The van der Waals surface area contributed by atoms with Crippen LogP contribution in [0.15, 0.2) is 36.5 Å². The summed E-state index contributed by atoms with van der Waals surface area (Å²) in [5, 5.41) is 8.97. The smallest absolute Gasteiger partial charge is 0.337 e. The van der Waals surface area contributed by atoms with E-state index in [0.717, 1.165) is 22.7 Å². The molecule has 1 heterocycles. The molecule has 0 aliphatic rings. The number of aryl methyl sites for hydroxylation is 1. The number of carboxylic acid groups (broad SMARTS) is 1. The first-order valence-corrected chi connectivity index (χ1v) is 6.56. The van der Waals surface area contributed by atoms with Crippen molar-refractivity contribution < 1.29 is 14.6 Å². The molecule has 110 valence electrons. The first kappa shape index (κ1) is 14.8. The fraction of sp³-hybridized carbons (Fsp3) is 0.250. The van der Waals surface area contributed by atoms with Crippen LogP contribution in [0.5, 0.6) is 5.75 Å². The SMILES string of the molecule is COc1ccccc1CN(C)c1ncc(C(=O)O)cc1C. The van der Waals surface area contributed by atoms with Crippen molar-refractivity contribution in [3.8, 4) is 5.75 Å². The van der Waals surface area contributed by atoms with Gasteiger partial charge in [0.1, 0.15) is 11.6 Å². The van der Waals surface area contributed by atoms with E-state index in [4.69, 9.17) is 9.84 Å². The van der Waals surface area contributed by atoms with Gasteiger partial charge in [-0.3, -0.25) is 0 Å². The van der Waals surface area contributed by atoms with Crippen LogP contribution in [0.1, 0.15) is 21.5 Å². The molecule has 2 aromatic rings. The van der Waals surface area contributed by atoms with E-state index in [0.29, 0.717) is 6.54 Å². The summed E-state index contributed by atoms with van der Waals surface area (Å²) in [5.74, 6) is 0.611. The van der Waals surface area contributed by atoms with Gasteiger partial charge in [0, 0.05) is 25.4 Å². The number of para-hydroxylation sites is 1. The Kier molecular flexibility index (Phi) is 4.42. The summed E-state index contributed by atoms with van der Waals surface area (Å²) in [6.45, 7) is 2.48. The molecule has 1 N–H and O–H groups in total. The highest BCUT2D eigenvalue weighted by atomic mass is 16.5. The fourth-order valence-electron chi connectivity index (χ4n) is 2.25. The number of ether oxygens (including phenoxy) is 1. The normalized spacial score (nSPS) is 10.2. The van der Waals surface area contributed by atoms with Crippen molar-refractivity contribution in [1.82, 2.24) is 4.98 Å². The number of carboxylic acids is 1. The molecule has 2 rings (SSSR count). The Morgan fingerprint density at radius 3 is 2.71 bits per heavy atom. The summed E-state index contributed by atoms with van der Waals surface area (Å²) in [4.78, 5) is 17.2. The number of nitrogens with zero attached hydrogens (tertiary/aromatic N) is 2. The summed E-state index contributed by atoms with van der Waals surface area (Å²) in [6.07, 6.45) is 1.38. The van der Waals surface area contributed by atoms with E-state index < -0.39 is 5.97 Å². The van der Waals surface area contributed by atoms with Crippen molar-refractivity contribution in [3.63, 3.8) is 0 Å². The van der Waals surface area contributed by atoms with Gasteiger partial charge in [-0.1, -0.05) is 18.2 Å². The number of anilines is 1. The molecular formula is C16H18N2O3. The third-order valence-electron chi connectivity index (χ3n) is 3.26. The molecule has 5 heteroatoms. The van der Waals surface area contributed by atoms with Gasteiger partial charge in [-0.2, -0.15) is 0 Å². The van der Waals surface area contributed by atoms with E-state index in [-0.39, 0.29) is 5.56 Å². The third kappa shape index (κ3) is 3.31. The molecule has 0 fully saturated rings. The Hall–Kier alpha value is -2.56. The van der Waals surface area contributed by atoms with Gasteiger partial charge in [0.05, 0.1) is 12.7 Å². The lowest BCUT2D eigenvalue weighted by Crippen LogP contribution is -2.19. The molecule has 0 aliphatic carbocycles. The number of rotatable bonds is 5. The molecule has 5 nitrogen and oxygen atoms in total. The number of aromatic nitrogens is 1. The van der Waals surface area contributed by atoms with Crippen LogP contribution in [0.25, 0.3) is 0 Å². The maximum absolute atomic E-state index is 10.9. The number of pyridine rings is 1. The van der Waals surface area contributed by atoms with E-state index in [1.54, 1.807) is 13.2 Å². The molecule has 0 unspecified atom stereocenters. The molecule has 0 aliphatic heterocycles.